The first-order valence-corrected chi connectivity index (χ1v) is 13.6. The number of aromatic amines is 1. The van der Waals surface area contributed by atoms with Crippen molar-refractivity contribution in [2.45, 2.75) is 77.5 Å². The number of rotatable bonds is 9. The minimum absolute atomic E-state index is 0.0551. The fraction of sp³-hybridized carbons (Fsp3) is 0.516. The van der Waals surface area contributed by atoms with Crippen LogP contribution in [-0.2, 0) is 16.0 Å². The van der Waals surface area contributed by atoms with Crippen LogP contribution in [-0.4, -0.2) is 52.9 Å². The number of nitrogens with one attached hydrogen (secondary N) is 1. The molecule has 2 N–H and O–H groups in total. The smallest absolute Gasteiger partial charge is 0.417 e. The number of allylic oxidation sites excluding steroid dienone is 5. The highest BCUT2D eigenvalue weighted by Gasteiger charge is 2.56. The summed E-state index contributed by atoms with van der Waals surface area (Å²) in [5.41, 5.74) is -2.10. The summed E-state index contributed by atoms with van der Waals surface area (Å²) >= 11 is 0. The van der Waals surface area contributed by atoms with Crippen molar-refractivity contribution in [1.29, 1.82) is 0 Å². The zero-order valence-corrected chi connectivity index (χ0v) is 23.8. The molecule has 3 rings (SSSR count). The first-order valence-electron chi connectivity index (χ1n) is 13.6. The van der Waals surface area contributed by atoms with Crippen LogP contribution < -0.4 is 0 Å². The van der Waals surface area contributed by atoms with Crippen molar-refractivity contribution in [1.82, 2.24) is 9.88 Å². The number of aryl methyl sites for hydroxylation is 1. The summed E-state index contributed by atoms with van der Waals surface area (Å²) in [7, 11) is 1.38. The fourth-order valence-corrected chi connectivity index (χ4v) is 5.49. The van der Waals surface area contributed by atoms with Gasteiger partial charge in [0.2, 0.25) is 0 Å². The van der Waals surface area contributed by atoms with Gasteiger partial charge in [0.05, 0.1) is 7.11 Å². The largest absolute Gasteiger partial charge is 0.497 e. The number of aromatic nitrogens is 1. The molecule has 0 spiro atoms. The van der Waals surface area contributed by atoms with Crippen LogP contribution in [0, 0.1) is 12.3 Å². The number of hydrogen-bond donors (Lipinski definition) is 2. The number of alkyl halides is 3. The number of hydrogen-bond acceptors (Lipinski definition) is 3. The number of nitrogens with zero attached hydrogens (tertiary/aromatic N) is 1. The summed E-state index contributed by atoms with van der Waals surface area (Å²) < 4.78 is 62.4. The minimum Gasteiger partial charge on any atom is -0.497 e. The van der Waals surface area contributed by atoms with Gasteiger partial charge in [-0.2, -0.15) is 13.2 Å². The quantitative estimate of drug-likeness (QED) is 0.189. The molecule has 1 aliphatic heterocycles. The molecule has 1 aliphatic carbocycles. The van der Waals surface area contributed by atoms with Gasteiger partial charge in [-0.1, -0.05) is 33.3 Å². The van der Waals surface area contributed by atoms with Gasteiger partial charge in [-0.15, -0.1) is 0 Å². The van der Waals surface area contributed by atoms with Gasteiger partial charge in [0, 0.05) is 36.5 Å². The molecule has 2 heterocycles. The second-order valence-electron chi connectivity index (χ2n) is 11.4. The lowest BCUT2D eigenvalue weighted by Crippen LogP contribution is -2.50. The monoisotopic (exact) mass is 564 g/mol. The topological polar surface area (TPSA) is 65.6 Å². The molecule has 1 saturated heterocycles. The molecule has 5 nitrogen and oxygen atoms in total. The van der Waals surface area contributed by atoms with Crippen molar-refractivity contribution in [2.75, 3.05) is 20.2 Å². The normalized spacial score (nSPS) is 18.8. The van der Waals surface area contributed by atoms with Crippen molar-refractivity contribution in [2.24, 2.45) is 5.41 Å². The first-order chi connectivity index (χ1) is 18.7. The van der Waals surface area contributed by atoms with Gasteiger partial charge >= 0.3 is 6.18 Å². The van der Waals surface area contributed by atoms with Gasteiger partial charge in [-0.25, -0.2) is 4.39 Å². The molecule has 0 aromatic carbocycles. The zero-order valence-electron chi connectivity index (χ0n) is 23.8. The van der Waals surface area contributed by atoms with Gasteiger partial charge in [0.1, 0.15) is 11.6 Å². The van der Waals surface area contributed by atoms with Gasteiger partial charge < -0.3 is 19.7 Å². The Balaban J connectivity index is 1.81. The van der Waals surface area contributed by atoms with E-state index in [4.69, 9.17) is 4.74 Å². The van der Waals surface area contributed by atoms with E-state index in [1.807, 2.05) is 0 Å². The average Bonchev–Trinajstić information content (AvgIpc) is 3.05. The summed E-state index contributed by atoms with van der Waals surface area (Å²) in [5, 5.41) is 11.1. The van der Waals surface area contributed by atoms with Crippen molar-refractivity contribution in [3.05, 3.63) is 76.6 Å². The lowest BCUT2D eigenvalue weighted by atomic mass is 9.71. The van der Waals surface area contributed by atoms with Gasteiger partial charge in [0.15, 0.2) is 5.60 Å². The third-order valence-electron chi connectivity index (χ3n) is 7.70. The molecule has 0 radical (unpaired) electrons. The molecule has 1 unspecified atom stereocenters. The Bertz CT molecular complexity index is 1210. The van der Waals surface area contributed by atoms with Crippen LogP contribution >= 0.6 is 0 Å². The molecule has 0 bridgehead atoms. The summed E-state index contributed by atoms with van der Waals surface area (Å²) in [6.07, 6.45) is 4.90. The third-order valence-corrected chi connectivity index (χ3v) is 7.70. The van der Waals surface area contributed by atoms with Gasteiger partial charge in [-0.3, -0.25) is 4.79 Å². The lowest BCUT2D eigenvalue weighted by molar-refractivity contribution is -0.268. The number of halogens is 4. The van der Waals surface area contributed by atoms with Crippen LogP contribution in [0.15, 0.2) is 59.7 Å². The van der Waals surface area contributed by atoms with Crippen molar-refractivity contribution >= 4 is 12.0 Å². The van der Waals surface area contributed by atoms with Crippen LogP contribution in [0.25, 0.3) is 6.08 Å². The third kappa shape index (κ3) is 7.56. The molecular weight excluding hydrogens is 524 g/mol. The van der Waals surface area contributed by atoms with Crippen molar-refractivity contribution in [3.8, 4) is 0 Å². The van der Waals surface area contributed by atoms with Crippen LogP contribution in [0.1, 0.15) is 69.3 Å². The number of carbonyl (C=O) groups excluding carboxylic acids is 1. The number of carbonyl (C=O) groups is 1. The summed E-state index contributed by atoms with van der Waals surface area (Å²) in [4.78, 5) is 17.5. The first kappa shape index (κ1) is 31.5. The van der Waals surface area contributed by atoms with E-state index in [9.17, 15) is 27.5 Å². The Hall–Kier alpha value is -3.07. The Morgan fingerprint density at radius 3 is 2.42 bits per heavy atom. The maximum atomic E-state index is 14.4. The Kier molecular flexibility index (Phi) is 9.93. The minimum atomic E-state index is -4.94. The molecule has 1 atom stereocenters. The lowest BCUT2D eigenvalue weighted by Gasteiger charge is -2.39. The van der Waals surface area contributed by atoms with E-state index in [-0.39, 0.29) is 23.8 Å². The Morgan fingerprint density at radius 1 is 1.18 bits per heavy atom. The van der Waals surface area contributed by atoms with Crippen molar-refractivity contribution < 1.29 is 32.2 Å². The van der Waals surface area contributed by atoms with Gasteiger partial charge in [-0.05, 0) is 85.6 Å². The highest BCUT2D eigenvalue weighted by Crippen LogP contribution is 2.47. The van der Waals surface area contributed by atoms with Crippen molar-refractivity contribution in [3.63, 3.8) is 0 Å². The van der Waals surface area contributed by atoms with E-state index in [0.29, 0.717) is 35.5 Å². The second-order valence-corrected chi connectivity index (χ2v) is 11.4. The maximum Gasteiger partial charge on any atom is 0.417 e. The molecule has 1 amide bonds. The highest BCUT2D eigenvalue weighted by molar-refractivity contribution is 5.96. The number of aliphatic hydroxyl groups is 1. The molecule has 1 aromatic heterocycles. The van der Waals surface area contributed by atoms with Crippen LogP contribution in [0.5, 0.6) is 0 Å². The van der Waals surface area contributed by atoms with E-state index in [0.717, 1.165) is 25.7 Å². The Labute approximate surface area is 234 Å². The zero-order chi connectivity index (χ0) is 29.7. The van der Waals surface area contributed by atoms with E-state index < -0.39 is 35.9 Å². The van der Waals surface area contributed by atoms with E-state index in [1.165, 1.54) is 25.3 Å². The van der Waals surface area contributed by atoms with Crippen LogP contribution in [0.4, 0.5) is 17.6 Å². The average molecular weight is 565 g/mol. The van der Waals surface area contributed by atoms with E-state index in [1.54, 1.807) is 43.9 Å². The highest BCUT2D eigenvalue weighted by atomic mass is 19.4. The summed E-state index contributed by atoms with van der Waals surface area (Å²) in [6, 6.07) is 1.56. The molecule has 1 aromatic rings. The molecule has 1 fully saturated rings. The summed E-state index contributed by atoms with van der Waals surface area (Å²) in [6.45, 7) is 10.2. The SMILES string of the molecule is C=C(/C=C\c1[nH]c(CC(O)(CC(C)(C)C2=C(OC)C=CC(F)=CC2)C(F)(F)F)cc1C)C(=O)N1CCCCCC1. The number of amides is 1. The van der Waals surface area contributed by atoms with E-state index >= 15 is 0 Å². The molecule has 40 heavy (non-hydrogen) atoms. The maximum absolute atomic E-state index is 14.4. The number of H-pyrrole nitrogens is 1. The van der Waals surface area contributed by atoms with Gasteiger partial charge in [0.25, 0.3) is 5.91 Å². The molecule has 220 valence electrons. The predicted molar refractivity (Wildman–Crippen MR) is 149 cm³/mol. The number of ether oxygens (including phenoxy) is 1. The van der Waals surface area contributed by atoms with E-state index in [2.05, 4.69) is 11.6 Å². The molecule has 9 heteroatoms. The standard InChI is InChI=1S/C31H40F4N2O3/c1-21(28(38)37-16-8-6-7-9-17-37)10-14-26-22(2)18-24(36-26)19-30(39,31(33,34)35)20-29(3,4)25-13-11-23(32)12-15-27(25)40-5/h10-12,14-15,18,36,39H,1,6-9,13,16-17,19-20H2,2-5H3/b14-10-. The second kappa shape index (κ2) is 12.6. The fourth-order valence-electron chi connectivity index (χ4n) is 5.49. The molecule has 2 aliphatic rings. The number of likely N-dealkylation sites (tertiary alicyclic amines) is 1. The number of methoxy groups -OCH3 is 1. The van der Waals surface area contributed by atoms with Crippen LogP contribution in [0.3, 0.4) is 0 Å². The molecule has 0 saturated carbocycles. The predicted octanol–water partition coefficient (Wildman–Crippen LogP) is 7.26. The summed E-state index contributed by atoms with van der Waals surface area (Å²) in [5.74, 6) is -0.384. The Morgan fingerprint density at radius 2 is 1.82 bits per heavy atom. The van der Waals surface area contributed by atoms with Crippen LogP contribution in [0.2, 0.25) is 0 Å². The molecular formula is C31H40F4N2O3.